The van der Waals surface area contributed by atoms with Crippen LogP contribution in [0.3, 0.4) is 0 Å². The molecule has 0 aliphatic carbocycles. The molecule has 0 fully saturated rings. The molecule has 0 aliphatic heterocycles. The minimum Gasteiger partial charge on any atom is -0.253 e. The largest absolute Gasteiger partial charge is 0.253 e. The van der Waals surface area contributed by atoms with Crippen LogP contribution in [0.25, 0.3) is 0 Å². The van der Waals surface area contributed by atoms with E-state index in [4.69, 9.17) is 0 Å². The summed E-state index contributed by atoms with van der Waals surface area (Å²) in [7, 11) is 0. The fourth-order valence-electron chi connectivity index (χ4n) is 1.24. The summed E-state index contributed by atoms with van der Waals surface area (Å²) in [5, 5.41) is 0. The van der Waals surface area contributed by atoms with E-state index in [0.717, 1.165) is 11.4 Å². The van der Waals surface area contributed by atoms with E-state index in [9.17, 15) is 0 Å². The lowest BCUT2D eigenvalue weighted by atomic mass is 10.1. The van der Waals surface area contributed by atoms with Gasteiger partial charge < -0.3 is 0 Å². The van der Waals surface area contributed by atoms with Crippen LogP contribution in [0.4, 0.5) is 5.69 Å². The van der Waals surface area contributed by atoms with Gasteiger partial charge in [0.2, 0.25) is 0 Å². The average molecular weight is 187 g/mol. The van der Waals surface area contributed by atoms with Crippen LogP contribution in [0.15, 0.2) is 41.9 Å². The Morgan fingerprint density at radius 1 is 1.36 bits per heavy atom. The first-order chi connectivity index (χ1) is 6.65. The maximum atomic E-state index is 4.57. The standard InChI is InChI=1S/C13H17N/c1-5-12(10(2)3)14-13-9-7-6-8-11(13)4/h5-10H,1H2,2-4H3. The Kier molecular flexibility index (Phi) is 3.63. The van der Waals surface area contributed by atoms with E-state index in [2.05, 4.69) is 38.4 Å². The summed E-state index contributed by atoms with van der Waals surface area (Å²) in [5.41, 5.74) is 3.28. The highest BCUT2D eigenvalue weighted by atomic mass is 14.7. The third kappa shape index (κ3) is 2.56. The normalized spacial score (nSPS) is 11.9. The van der Waals surface area contributed by atoms with Crippen LogP contribution in [0.1, 0.15) is 19.4 Å². The Morgan fingerprint density at radius 3 is 2.50 bits per heavy atom. The van der Waals surface area contributed by atoms with Crippen molar-refractivity contribution in [3.05, 3.63) is 42.5 Å². The predicted molar refractivity (Wildman–Crippen MR) is 63.3 cm³/mol. The van der Waals surface area contributed by atoms with E-state index in [1.165, 1.54) is 5.56 Å². The minimum atomic E-state index is 0.423. The van der Waals surface area contributed by atoms with Crippen LogP contribution in [0.2, 0.25) is 0 Å². The quantitative estimate of drug-likeness (QED) is 0.636. The van der Waals surface area contributed by atoms with Crippen molar-refractivity contribution < 1.29 is 0 Å². The zero-order valence-electron chi connectivity index (χ0n) is 9.12. The molecule has 0 radical (unpaired) electrons. The fraction of sp³-hybridized carbons (Fsp3) is 0.308. The smallest absolute Gasteiger partial charge is 0.0662 e. The molecule has 0 unspecified atom stereocenters. The van der Waals surface area contributed by atoms with Crippen molar-refractivity contribution in [2.45, 2.75) is 20.8 Å². The Labute approximate surface area is 86.2 Å². The first-order valence-electron chi connectivity index (χ1n) is 4.91. The number of aryl methyl sites for hydroxylation is 1. The summed E-state index contributed by atoms with van der Waals surface area (Å²) >= 11 is 0. The molecule has 0 atom stereocenters. The molecule has 0 bridgehead atoms. The number of hydrogen-bond acceptors (Lipinski definition) is 1. The zero-order chi connectivity index (χ0) is 10.6. The van der Waals surface area contributed by atoms with Crippen molar-refractivity contribution in [2.75, 3.05) is 0 Å². The Bertz CT molecular complexity index is 348. The van der Waals surface area contributed by atoms with Gasteiger partial charge in [-0.2, -0.15) is 0 Å². The zero-order valence-corrected chi connectivity index (χ0v) is 9.12. The molecule has 0 spiro atoms. The monoisotopic (exact) mass is 187 g/mol. The lowest BCUT2D eigenvalue weighted by molar-refractivity contribution is 0.889. The SMILES string of the molecule is C=CC(=Nc1ccccc1C)C(C)C. The third-order valence-corrected chi connectivity index (χ3v) is 2.17. The molecular formula is C13H17N. The van der Waals surface area contributed by atoms with Gasteiger partial charge in [-0.05, 0) is 30.5 Å². The second-order valence-electron chi connectivity index (χ2n) is 3.68. The van der Waals surface area contributed by atoms with Crippen molar-refractivity contribution in [3.63, 3.8) is 0 Å². The van der Waals surface area contributed by atoms with Gasteiger partial charge in [0, 0.05) is 5.71 Å². The molecule has 14 heavy (non-hydrogen) atoms. The van der Waals surface area contributed by atoms with Gasteiger partial charge in [-0.3, -0.25) is 4.99 Å². The van der Waals surface area contributed by atoms with Crippen molar-refractivity contribution in [1.29, 1.82) is 0 Å². The first kappa shape index (κ1) is 10.7. The van der Waals surface area contributed by atoms with Gasteiger partial charge >= 0.3 is 0 Å². The molecule has 1 nitrogen and oxygen atoms in total. The molecule has 0 saturated carbocycles. The summed E-state index contributed by atoms with van der Waals surface area (Å²) in [6.45, 7) is 10.1. The number of hydrogen-bond donors (Lipinski definition) is 0. The molecule has 0 amide bonds. The molecule has 74 valence electrons. The molecule has 0 aromatic heterocycles. The second-order valence-corrected chi connectivity index (χ2v) is 3.68. The van der Waals surface area contributed by atoms with E-state index in [1.807, 2.05) is 24.3 Å². The van der Waals surface area contributed by atoms with E-state index in [-0.39, 0.29) is 0 Å². The number of allylic oxidation sites excluding steroid dienone is 1. The third-order valence-electron chi connectivity index (χ3n) is 2.17. The predicted octanol–water partition coefficient (Wildman–Crippen LogP) is 3.91. The van der Waals surface area contributed by atoms with E-state index >= 15 is 0 Å². The van der Waals surface area contributed by atoms with Crippen LogP contribution < -0.4 is 0 Å². The van der Waals surface area contributed by atoms with E-state index in [1.54, 1.807) is 0 Å². The number of benzene rings is 1. The van der Waals surface area contributed by atoms with E-state index < -0.39 is 0 Å². The molecule has 0 saturated heterocycles. The van der Waals surface area contributed by atoms with E-state index in [0.29, 0.717) is 5.92 Å². The Balaban J connectivity index is 3.06. The van der Waals surface area contributed by atoms with Gasteiger partial charge in [-0.1, -0.05) is 38.6 Å². The maximum absolute atomic E-state index is 4.57. The van der Waals surface area contributed by atoms with Gasteiger partial charge in [0.15, 0.2) is 0 Å². The summed E-state index contributed by atoms with van der Waals surface area (Å²) in [6.07, 6.45) is 1.83. The molecule has 1 aromatic rings. The van der Waals surface area contributed by atoms with Crippen molar-refractivity contribution in [2.24, 2.45) is 10.9 Å². The summed E-state index contributed by atoms with van der Waals surface area (Å²) in [5.74, 6) is 0.423. The first-order valence-corrected chi connectivity index (χ1v) is 4.91. The highest BCUT2D eigenvalue weighted by molar-refractivity contribution is 5.97. The Hall–Kier alpha value is -1.37. The van der Waals surface area contributed by atoms with Gasteiger partial charge in [0.05, 0.1) is 5.69 Å². The van der Waals surface area contributed by atoms with Crippen LogP contribution in [-0.2, 0) is 0 Å². The molecular weight excluding hydrogens is 170 g/mol. The lowest BCUT2D eigenvalue weighted by Gasteiger charge is -2.06. The lowest BCUT2D eigenvalue weighted by Crippen LogP contribution is -2.02. The maximum Gasteiger partial charge on any atom is 0.0662 e. The number of rotatable bonds is 3. The topological polar surface area (TPSA) is 12.4 Å². The molecule has 1 heteroatoms. The molecule has 0 aliphatic rings. The number of nitrogens with zero attached hydrogens (tertiary/aromatic N) is 1. The molecule has 0 heterocycles. The minimum absolute atomic E-state index is 0.423. The van der Waals surface area contributed by atoms with Crippen LogP contribution >= 0.6 is 0 Å². The molecule has 1 rings (SSSR count). The fourth-order valence-corrected chi connectivity index (χ4v) is 1.24. The average Bonchev–Trinajstić information content (AvgIpc) is 2.16. The highest BCUT2D eigenvalue weighted by Crippen LogP contribution is 2.18. The summed E-state index contributed by atoms with van der Waals surface area (Å²) in [6, 6.07) is 8.13. The number of aliphatic imine (C=N–C) groups is 1. The molecule has 0 N–H and O–H groups in total. The highest BCUT2D eigenvalue weighted by Gasteiger charge is 2.01. The summed E-state index contributed by atoms with van der Waals surface area (Å²) < 4.78 is 0. The molecule has 1 aromatic carbocycles. The van der Waals surface area contributed by atoms with Crippen molar-refractivity contribution >= 4 is 11.4 Å². The van der Waals surface area contributed by atoms with Gasteiger partial charge in [-0.25, -0.2) is 0 Å². The number of para-hydroxylation sites is 1. The van der Waals surface area contributed by atoms with Crippen LogP contribution in [0.5, 0.6) is 0 Å². The van der Waals surface area contributed by atoms with Crippen molar-refractivity contribution in [1.82, 2.24) is 0 Å². The van der Waals surface area contributed by atoms with Crippen molar-refractivity contribution in [3.8, 4) is 0 Å². The van der Waals surface area contributed by atoms with Crippen LogP contribution in [-0.4, -0.2) is 5.71 Å². The van der Waals surface area contributed by atoms with Gasteiger partial charge in [0.1, 0.15) is 0 Å². The Morgan fingerprint density at radius 2 is 2.00 bits per heavy atom. The van der Waals surface area contributed by atoms with Crippen LogP contribution in [0, 0.1) is 12.8 Å². The second kappa shape index (κ2) is 4.75. The summed E-state index contributed by atoms with van der Waals surface area (Å²) in [4.78, 5) is 4.57. The van der Waals surface area contributed by atoms with Gasteiger partial charge in [-0.15, -0.1) is 0 Å². The van der Waals surface area contributed by atoms with Gasteiger partial charge in [0.25, 0.3) is 0 Å².